The Kier molecular flexibility index (Phi) is 8.07. The molecule has 2 atom stereocenters. The molecule has 2 heterocycles. The Balaban J connectivity index is 2.09. The lowest BCUT2D eigenvalue weighted by atomic mass is 10.1. The quantitative estimate of drug-likeness (QED) is 0.275. The van der Waals surface area contributed by atoms with Crippen LogP contribution < -0.4 is 9.64 Å². The average Bonchev–Trinajstić information content (AvgIpc) is 3.29. The minimum Gasteiger partial charge on any atom is -0.469 e. The van der Waals surface area contributed by atoms with Crippen LogP contribution in [0.15, 0.2) is 54.2 Å². The molecule has 8 nitrogen and oxygen atoms in total. The van der Waals surface area contributed by atoms with E-state index in [0.717, 1.165) is 0 Å². The third kappa shape index (κ3) is 5.38. The minimum absolute atomic E-state index is 0.0368. The zero-order valence-corrected chi connectivity index (χ0v) is 19.5. The highest BCUT2D eigenvalue weighted by molar-refractivity contribution is 7.81. The van der Waals surface area contributed by atoms with Crippen molar-refractivity contribution in [3.05, 3.63) is 59.9 Å². The summed E-state index contributed by atoms with van der Waals surface area (Å²) in [4.78, 5) is 34.9. The molecule has 0 amide bonds. The van der Waals surface area contributed by atoms with E-state index in [1.54, 1.807) is 35.7 Å². The number of esters is 2. The van der Waals surface area contributed by atoms with Crippen molar-refractivity contribution in [2.24, 2.45) is 0 Å². The molecule has 0 fully saturated rings. The van der Waals surface area contributed by atoms with Crippen LogP contribution in [0.5, 0.6) is 11.5 Å². The topological polar surface area (TPSA) is 90.9 Å². The number of rotatable bonds is 9. The fourth-order valence-electron chi connectivity index (χ4n) is 2.97. The van der Waals surface area contributed by atoms with Crippen LogP contribution in [0.4, 0.5) is 10.8 Å². The molecule has 0 spiro atoms. The minimum atomic E-state index is -0.667. The summed E-state index contributed by atoms with van der Waals surface area (Å²) in [6.07, 6.45) is 1.58. The van der Waals surface area contributed by atoms with E-state index in [-0.39, 0.29) is 6.42 Å². The first kappa shape index (κ1) is 23.6. The fraction of sp³-hybridized carbons (Fsp3) is 0.273. The van der Waals surface area contributed by atoms with Crippen molar-refractivity contribution in [1.82, 2.24) is 9.97 Å². The van der Waals surface area contributed by atoms with Crippen LogP contribution in [0.3, 0.4) is 0 Å². The summed E-state index contributed by atoms with van der Waals surface area (Å²) >= 11 is 5.97. The van der Waals surface area contributed by atoms with Gasteiger partial charge in [-0.25, -0.2) is 9.97 Å². The van der Waals surface area contributed by atoms with Gasteiger partial charge in [0, 0.05) is 6.20 Å². The number of para-hydroxylation sites is 1. The lowest BCUT2D eigenvalue weighted by molar-refractivity contribution is -0.142. The van der Waals surface area contributed by atoms with Crippen molar-refractivity contribution >= 4 is 46.7 Å². The standard InChI is InChI=1S/C22H23N3O5S2/c1-14(22(27)29-3)19-21(32-13-24-19)25(17(31)12-18(26)28-2)20-16(10-7-11-23-20)30-15-8-5-4-6-9-15/h4-11,13-14,17,31H,12H2,1-3H3. The van der Waals surface area contributed by atoms with Gasteiger partial charge in [-0.15, -0.1) is 11.3 Å². The maximum Gasteiger partial charge on any atom is 0.314 e. The van der Waals surface area contributed by atoms with E-state index in [1.165, 1.54) is 25.6 Å². The second-order valence-electron chi connectivity index (χ2n) is 6.66. The molecule has 10 heteroatoms. The number of methoxy groups -OCH3 is 2. The van der Waals surface area contributed by atoms with E-state index < -0.39 is 23.2 Å². The van der Waals surface area contributed by atoms with E-state index in [9.17, 15) is 9.59 Å². The number of hydrogen-bond acceptors (Lipinski definition) is 10. The third-order valence-corrected chi connectivity index (χ3v) is 5.84. The number of carbonyl (C=O) groups excluding carboxylic acids is 2. The maximum absolute atomic E-state index is 12.2. The van der Waals surface area contributed by atoms with Gasteiger partial charge in [0.15, 0.2) is 11.6 Å². The lowest BCUT2D eigenvalue weighted by Gasteiger charge is -2.30. The molecular weight excluding hydrogens is 450 g/mol. The number of aromatic nitrogens is 2. The number of thiazole rings is 1. The number of nitrogens with zero attached hydrogens (tertiary/aromatic N) is 3. The first-order valence-corrected chi connectivity index (χ1v) is 11.1. The second kappa shape index (κ2) is 11.0. The molecule has 32 heavy (non-hydrogen) atoms. The van der Waals surface area contributed by atoms with Crippen molar-refractivity contribution in [3.63, 3.8) is 0 Å². The Labute approximate surface area is 195 Å². The molecule has 2 aromatic heterocycles. The van der Waals surface area contributed by atoms with Gasteiger partial charge in [0.05, 0.1) is 43.1 Å². The van der Waals surface area contributed by atoms with Gasteiger partial charge in [-0.05, 0) is 31.2 Å². The SMILES string of the molecule is COC(=O)CC(S)N(c1ncccc1Oc1ccccc1)c1scnc1C(C)C(=O)OC. The molecular formula is C22H23N3O5S2. The summed E-state index contributed by atoms with van der Waals surface area (Å²) in [5.41, 5.74) is 2.11. The van der Waals surface area contributed by atoms with Gasteiger partial charge in [0.25, 0.3) is 0 Å². The van der Waals surface area contributed by atoms with Crippen LogP contribution in [0, 0.1) is 0 Å². The van der Waals surface area contributed by atoms with Crippen molar-refractivity contribution in [2.45, 2.75) is 24.6 Å². The molecule has 2 unspecified atom stereocenters. The van der Waals surface area contributed by atoms with Crippen molar-refractivity contribution < 1.29 is 23.8 Å². The monoisotopic (exact) mass is 473 g/mol. The molecule has 0 aliphatic carbocycles. The Bertz CT molecular complexity index is 1060. The van der Waals surface area contributed by atoms with E-state index in [4.69, 9.17) is 14.2 Å². The highest BCUT2D eigenvalue weighted by atomic mass is 32.1. The van der Waals surface area contributed by atoms with Gasteiger partial charge < -0.3 is 19.1 Å². The first-order chi connectivity index (χ1) is 15.5. The number of ether oxygens (including phenoxy) is 3. The van der Waals surface area contributed by atoms with Gasteiger partial charge in [-0.2, -0.15) is 12.6 Å². The van der Waals surface area contributed by atoms with Gasteiger partial charge in [-0.1, -0.05) is 18.2 Å². The molecule has 3 aromatic rings. The van der Waals surface area contributed by atoms with Crippen LogP contribution in [0.2, 0.25) is 0 Å². The summed E-state index contributed by atoms with van der Waals surface area (Å²) in [5, 5.41) is -0.0667. The molecule has 168 valence electrons. The zero-order valence-electron chi connectivity index (χ0n) is 17.8. The third-order valence-electron chi connectivity index (χ3n) is 4.58. The number of thiol groups is 1. The molecule has 0 saturated heterocycles. The molecule has 0 saturated carbocycles. The first-order valence-electron chi connectivity index (χ1n) is 9.69. The Morgan fingerprint density at radius 1 is 1.09 bits per heavy atom. The predicted molar refractivity (Wildman–Crippen MR) is 125 cm³/mol. The molecule has 0 aliphatic rings. The van der Waals surface area contributed by atoms with Gasteiger partial charge in [-0.3, -0.25) is 9.59 Å². The van der Waals surface area contributed by atoms with Crippen molar-refractivity contribution in [1.29, 1.82) is 0 Å². The van der Waals surface area contributed by atoms with E-state index in [0.29, 0.717) is 28.0 Å². The largest absolute Gasteiger partial charge is 0.469 e. The van der Waals surface area contributed by atoms with Crippen LogP contribution >= 0.6 is 24.0 Å². The number of carbonyl (C=O) groups is 2. The molecule has 3 rings (SSSR count). The van der Waals surface area contributed by atoms with E-state index >= 15 is 0 Å². The summed E-state index contributed by atoms with van der Waals surface area (Å²) in [5.74, 6) is -0.0101. The Morgan fingerprint density at radius 3 is 2.53 bits per heavy atom. The van der Waals surface area contributed by atoms with E-state index in [1.807, 2.05) is 30.3 Å². The predicted octanol–water partition coefficient (Wildman–Crippen LogP) is 4.56. The zero-order chi connectivity index (χ0) is 23.1. The Hall–Kier alpha value is -3.11. The van der Waals surface area contributed by atoms with Crippen LogP contribution in [0.1, 0.15) is 25.0 Å². The molecule has 0 aliphatic heterocycles. The maximum atomic E-state index is 12.2. The van der Waals surface area contributed by atoms with Crippen molar-refractivity contribution in [3.8, 4) is 11.5 Å². The average molecular weight is 474 g/mol. The van der Waals surface area contributed by atoms with Gasteiger partial charge in [0.1, 0.15) is 10.8 Å². The summed E-state index contributed by atoms with van der Waals surface area (Å²) in [6.45, 7) is 1.70. The smallest absolute Gasteiger partial charge is 0.314 e. The van der Waals surface area contributed by atoms with Crippen LogP contribution in [-0.4, -0.2) is 41.5 Å². The Morgan fingerprint density at radius 2 is 1.84 bits per heavy atom. The molecule has 0 radical (unpaired) electrons. The second-order valence-corrected chi connectivity index (χ2v) is 8.09. The number of benzene rings is 1. The van der Waals surface area contributed by atoms with Crippen molar-refractivity contribution in [2.75, 3.05) is 19.1 Å². The molecule has 1 aromatic carbocycles. The highest BCUT2D eigenvalue weighted by Gasteiger charge is 2.31. The fourth-order valence-corrected chi connectivity index (χ4v) is 4.36. The number of hydrogen-bond donors (Lipinski definition) is 1. The number of anilines is 2. The molecule has 0 N–H and O–H groups in total. The number of pyridine rings is 1. The van der Waals surface area contributed by atoms with E-state index in [2.05, 4.69) is 22.6 Å². The summed E-state index contributed by atoms with van der Waals surface area (Å²) in [6, 6.07) is 12.8. The lowest BCUT2D eigenvalue weighted by Crippen LogP contribution is -2.31. The highest BCUT2D eigenvalue weighted by Crippen LogP contribution is 2.42. The molecule has 0 bridgehead atoms. The van der Waals surface area contributed by atoms with Gasteiger partial charge in [0.2, 0.25) is 0 Å². The van der Waals surface area contributed by atoms with Crippen LogP contribution in [-0.2, 0) is 19.1 Å². The van der Waals surface area contributed by atoms with Gasteiger partial charge >= 0.3 is 11.9 Å². The normalized spacial score (nSPS) is 12.5. The summed E-state index contributed by atoms with van der Waals surface area (Å²) < 4.78 is 15.8. The summed E-state index contributed by atoms with van der Waals surface area (Å²) in [7, 11) is 2.64. The van der Waals surface area contributed by atoms with Crippen LogP contribution in [0.25, 0.3) is 0 Å².